The van der Waals surface area contributed by atoms with E-state index in [0.29, 0.717) is 5.92 Å². The predicted octanol–water partition coefficient (Wildman–Crippen LogP) is 3.39. The minimum absolute atomic E-state index is 0.707. The zero-order valence-corrected chi connectivity index (χ0v) is 11.4. The van der Waals surface area contributed by atoms with E-state index >= 15 is 0 Å². The third kappa shape index (κ3) is 3.49. The van der Waals surface area contributed by atoms with Gasteiger partial charge < -0.3 is 10.5 Å². The fourth-order valence-electron chi connectivity index (χ4n) is 3.14. The van der Waals surface area contributed by atoms with E-state index in [9.17, 15) is 0 Å². The fourth-order valence-corrected chi connectivity index (χ4v) is 3.14. The van der Waals surface area contributed by atoms with Crippen LogP contribution in [-0.2, 0) is 6.42 Å². The highest BCUT2D eigenvalue weighted by Gasteiger charge is 2.22. The summed E-state index contributed by atoms with van der Waals surface area (Å²) in [7, 11) is 1.73. The number of hydrogen-bond acceptors (Lipinski definition) is 2. The maximum atomic E-state index is 5.95. The summed E-state index contributed by atoms with van der Waals surface area (Å²) in [5.41, 5.74) is 7.34. The molecule has 2 rings (SSSR count). The first-order valence-electron chi connectivity index (χ1n) is 7.16. The molecule has 2 N–H and O–H groups in total. The van der Waals surface area contributed by atoms with Gasteiger partial charge in [-0.3, -0.25) is 0 Å². The second-order valence-electron chi connectivity index (χ2n) is 5.45. The molecule has 1 saturated carbocycles. The zero-order valence-electron chi connectivity index (χ0n) is 11.4. The van der Waals surface area contributed by atoms with Crippen molar-refractivity contribution in [3.63, 3.8) is 0 Å². The van der Waals surface area contributed by atoms with Gasteiger partial charge in [-0.25, -0.2) is 0 Å². The summed E-state index contributed by atoms with van der Waals surface area (Å²) in [4.78, 5) is 0. The van der Waals surface area contributed by atoms with E-state index in [4.69, 9.17) is 10.5 Å². The molecular formula is C16H25NO. The van der Waals surface area contributed by atoms with Gasteiger partial charge in [-0.15, -0.1) is 0 Å². The van der Waals surface area contributed by atoms with E-state index in [1.165, 1.54) is 37.7 Å². The van der Waals surface area contributed by atoms with Gasteiger partial charge in [0.1, 0.15) is 5.75 Å². The van der Waals surface area contributed by atoms with E-state index in [0.717, 1.165) is 24.6 Å². The molecule has 2 unspecified atom stereocenters. The van der Waals surface area contributed by atoms with Crippen LogP contribution in [0.3, 0.4) is 0 Å². The second-order valence-corrected chi connectivity index (χ2v) is 5.45. The molecule has 1 aromatic rings. The van der Waals surface area contributed by atoms with Crippen LogP contribution in [0.2, 0.25) is 0 Å². The van der Waals surface area contributed by atoms with Gasteiger partial charge in [0.15, 0.2) is 0 Å². The van der Waals surface area contributed by atoms with Gasteiger partial charge in [-0.2, -0.15) is 0 Å². The lowest BCUT2D eigenvalue weighted by atomic mass is 9.83. The molecule has 0 bridgehead atoms. The van der Waals surface area contributed by atoms with Crippen LogP contribution in [0.1, 0.15) is 37.7 Å². The van der Waals surface area contributed by atoms with Crippen LogP contribution < -0.4 is 10.5 Å². The van der Waals surface area contributed by atoms with Crippen molar-refractivity contribution in [2.24, 2.45) is 17.6 Å². The second kappa shape index (κ2) is 6.79. The van der Waals surface area contributed by atoms with Crippen molar-refractivity contribution in [3.8, 4) is 5.75 Å². The summed E-state index contributed by atoms with van der Waals surface area (Å²) in [5, 5.41) is 0. The van der Waals surface area contributed by atoms with Crippen molar-refractivity contribution in [2.45, 2.75) is 38.5 Å². The standard InChI is InChI=1S/C16H25NO/c1-18-16-9-5-6-13(11-16)10-14-7-3-2-4-8-15(14)12-17/h5-6,9,11,14-15H,2-4,7-8,10,12,17H2,1H3. The number of benzene rings is 1. The fraction of sp³-hybridized carbons (Fsp3) is 0.625. The number of methoxy groups -OCH3 is 1. The number of hydrogen-bond donors (Lipinski definition) is 1. The first-order chi connectivity index (χ1) is 8.83. The molecule has 0 amide bonds. The quantitative estimate of drug-likeness (QED) is 0.828. The lowest BCUT2D eigenvalue weighted by Gasteiger charge is -2.24. The summed E-state index contributed by atoms with van der Waals surface area (Å²) in [6.45, 7) is 0.842. The topological polar surface area (TPSA) is 35.2 Å². The van der Waals surface area contributed by atoms with Crippen molar-refractivity contribution >= 4 is 0 Å². The van der Waals surface area contributed by atoms with E-state index in [-0.39, 0.29) is 0 Å². The monoisotopic (exact) mass is 247 g/mol. The van der Waals surface area contributed by atoms with Crippen LogP contribution in [0.5, 0.6) is 5.75 Å². The average Bonchev–Trinajstić information content (AvgIpc) is 2.64. The molecule has 100 valence electrons. The van der Waals surface area contributed by atoms with Crippen molar-refractivity contribution in [2.75, 3.05) is 13.7 Å². The van der Waals surface area contributed by atoms with Crippen molar-refractivity contribution in [3.05, 3.63) is 29.8 Å². The molecule has 2 atom stereocenters. The van der Waals surface area contributed by atoms with Gasteiger partial charge in [-0.1, -0.05) is 31.4 Å². The third-order valence-electron chi connectivity index (χ3n) is 4.25. The Morgan fingerprint density at radius 1 is 1.17 bits per heavy atom. The Hall–Kier alpha value is -1.02. The first-order valence-corrected chi connectivity index (χ1v) is 7.16. The van der Waals surface area contributed by atoms with Crippen molar-refractivity contribution in [1.82, 2.24) is 0 Å². The highest BCUT2D eigenvalue weighted by Crippen LogP contribution is 2.31. The van der Waals surface area contributed by atoms with Crippen LogP contribution in [0.4, 0.5) is 0 Å². The van der Waals surface area contributed by atoms with Gasteiger partial charge in [0.25, 0.3) is 0 Å². The molecular weight excluding hydrogens is 222 g/mol. The van der Waals surface area contributed by atoms with Gasteiger partial charge in [0, 0.05) is 0 Å². The van der Waals surface area contributed by atoms with Crippen LogP contribution in [-0.4, -0.2) is 13.7 Å². The molecule has 0 saturated heterocycles. The SMILES string of the molecule is COc1cccc(CC2CCCCCC2CN)c1. The van der Waals surface area contributed by atoms with Crippen LogP contribution in [0.25, 0.3) is 0 Å². The molecule has 2 nitrogen and oxygen atoms in total. The Morgan fingerprint density at radius 3 is 2.67 bits per heavy atom. The van der Waals surface area contributed by atoms with Crippen LogP contribution in [0, 0.1) is 11.8 Å². The lowest BCUT2D eigenvalue weighted by molar-refractivity contribution is 0.318. The van der Waals surface area contributed by atoms with Gasteiger partial charge in [0.05, 0.1) is 7.11 Å². The molecule has 1 aliphatic rings. The van der Waals surface area contributed by atoms with Crippen LogP contribution >= 0.6 is 0 Å². The summed E-state index contributed by atoms with van der Waals surface area (Å²) >= 11 is 0. The molecule has 0 aromatic heterocycles. The maximum absolute atomic E-state index is 5.95. The largest absolute Gasteiger partial charge is 0.497 e. The zero-order chi connectivity index (χ0) is 12.8. The number of rotatable bonds is 4. The van der Waals surface area contributed by atoms with Gasteiger partial charge >= 0.3 is 0 Å². The smallest absolute Gasteiger partial charge is 0.119 e. The number of ether oxygens (including phenoxy) is 1. The summed E-state index contributed by atoms with van der Waals surface area (Å²) < 4.78 is 5.30. The molecule has 2 heteroatoms. The Bertz CT molecular complexity index is 364. The maximum Gasteiger partial charge on any atom is 0.119 e. The third-order valence-corrected chi connectivity index (χ3v) is 4.25. The molecule has 1 aromatic carbocycles. The van der Waals surface area contributed by atoms with Crippen molar-refractivity contribution in [1.29, 1.82) is 0 Å². The highest BCUT2D eigenvalue weighted by atomic mass is 16.5. The molecule has 0 spiro atoms. The molecule has 1 aliphatic carbocycles. The van der Waals surface area contributed by atoms with E-state index in [1.54, 1.807) is 7.11 Å². The van der Waals surface area contributed by atoms with Gasteiger partial charge in [-0.05, 0) is 55.3 Å². The Morgan fingerprint density at radius 2 is 1.94 bits per heavy atom. The molecule has 1 fully saturated rings. The van der Waals surface area contributed by atoms with Crippen LogP contribution in [0.15, 0.2) is 24.3 Å². The molecule has 0 radical (unpaired) electrons. The normalized spacial score (nSPS) is 24.6. The summed E-state index contributed by atoms with van der Waals surface area (Å²) in [5.74, 6) is 2.42. The van der Waals surface area contributed by atoms with Gasteiger partial charge in [0.2, 0.25) is 0 Å². The summed E-state index contributed by atoms with van der Waals surface area (Å²) in [6, 6.07) is 8.47. The molecule has 0 aliphatic heterocycles. The van der Waals surface area contributed by atoms with E-state index in [2.05, 4.69) is 18.2 Å². The number of nitrogens with two attached hydrogens (primary N) is 1. The minimum Gasteiger partial charge on any atom is -0.497 e. The molecule has 18 heavy (non-hydrogen) atoms. The Labute approximate surface area is 111 Å². The van der Waals surface area contributed by atoms with Crippen molar-refractivity contribution < 1.29 is 4.74 Å². The average molecular weight is 247 g/mol. The lowest BCUT2D eigenvalue weighted by Crippen LogP contribution is -2.24. The Balaban J connectivity index is 2.05. The Kier molecular flexibility index (Phi) is 5.06. The van der Waals surface area contributed by atoms with E-state index < -0.39 is 0 Å². The van der Waals surface area contributed by atoms with E-state index in [1.807, 2.05) is 6.07 Å². The summed E-state index contributed by atoms with van der Waals surface area (Å²) in [6.07, 6.45) is 7.90. The first kappa shape index (κ1) is 13.4. The molecule has 0 heterocycles. The predicted molar refractivity (Wildman–Crippen MR) is 75.8 cm³/mol. The highest BCUT2D eigenvalue weighted by molar-refractivity contribution is 5.28. The minimum atomic E-state index is 0.707.